The van der Waals surface area contributed by atoms with Crippen molar-refractivity contribution in [2.24, 2.45) is 10.9 Å². The van der Waals surface area contributed by atoms with Gasteiger partial charge in [0, 0.05) is 11.1 Å². The highest BCUT2D eigenvalue weighted by molar-refractivity contribution is 7.09. The molecule has 0 fully saturated rings. The fourth-order valence-electron chi connectivity index (χ4n) is 1.60. The number of aliphatic hydroxyl groups excluding tert-OH is 1. The van der Waals surface area contributed by atoms with Crippen molar-refractivity contribution in [3.05, 3.63) is 51.5 Å². The lowest BCUT2D eigenvalue weighted by Crippen LogP contribution is -2.15. The van der Waals surface area contributed by atoms with E-state index in [4.69, 9.17) is 15.7 Å². The topological polar surface area (TPSA) is 80.7 Å². The molecule has 0 bridgehead atoms. The van der Waals surface area contributed by atoms with Crippen LogP contribution in [0.2, 0.25) is 0 Å². The van der Waals surface area contributed by atoms with Gasteiger partial charge >= 0.3 is 0 Å². The van der Waals surface area contributed by atoms with Crippen LogP contribution in [-0.2, 0) is 24.5 Å². The highest BCUT2D eigenvalue weighted by atomic mass is 32.1. The first-order chi connectivity index (χ1) is 9.67. The quantitative estimate of drug-likeness (QED) is 0.484. The van der Waals surface area contributed by atoms with Crippen molar-refractivity contribution in [1.29, 1.82) is 0 Å². The van der Waals surface area contributed by atoms with Gasteiger partial charge in [0.2, 0.25) is 0 Å². The van der Waals surface area contributed by atoms with Gasteiger partial charge in [0.05, 0.1) is 13.0 Å². The van der Waals surface area contributed by atoms with Crippen molar-refractivity contribution in [2.75, 3.05) is 0 Å². The van der Waals surface area contributed by atoms with Crippen LogP contribution in [0.25, 0.3) is 0 Å². The van der Waals surface area contributed by atoms with E-state index in [1.165, 1.54) is 0 Å². The average molecular weight is 291 g/mol. The molecule has 20 heavy (non-hydrogen) atoms. The summed E-state index contributed by atoms with van der Waals surface area (Å²) in [6.07, 6.45) is 0.502. The van der Waals surface area contributed by atoms with Crippen molar-refractivity contribution < 1.29 is 9.94 Å². The Morgan fingerprint density at radius 3 is 2.65 bits per heavy atom. The van der Waals surface area contributed by atoms with E-state index < -0.39 is 0 Å². The molecule has 0 spiro atoms. The van der Waals surface area contributed by atoms with Crippen molar-refractivity contribution >= 4 is 17.2 Å². The Labute approximate surface area is 121 Å². The Bertz CT molecular complexity index is 578. The number of nitrogens with zero attached hydrogens (tertiary/aromatic N) is 2. The number of thiazole rings is 1. The Morgan fingerprint density at radius 1 is 1.35 bits per heavy atom. The lowest BCUT2D eigenvalue weighted by Gasteiger charge is -2.02. The first kappa shape index (κ1) is 14.5. The molecule has 0 atom stereocenters. The van der Waals surface area contributed by atoms with Crippen molar-refractivity contribution in [3.63, 3.8) is 0 Å². The summed E-state index contributed by atoms with van der Waals surface area (Å²) in [5, 5.41) is 15.7. The van der Waals surface area contributed by atoms with Crippen LogP contribution in [0.15, 0.2) is 34.8 Å². The zero-order chi connectivity index (χ0) is 14.4. The molecule has 106 valence electrons. The van der Waals surface area contributed by atoms with Gasteiger partial charge in [-0.15, -0.1) is 11.3 Å². The molecule has 3 N–H and O–H groups in total. The van der Waals surface area contributed by atoms with Crippen molar-refractivity contribution in [1.82, 2.24) is 4.98 Å². The summed E-state index contributed by atoms with van der Waals surface area (Å²) in [6.45, 7) is 2.34. The fraction of sp³-hybridized carbons (Fsp3) is 0.286. The summed E-state index contributed by atoms with van der Waals surface area (Å²) in [7, 11) is 0. The summed E-state index contributed by atoms with van der Waals surface area (Å²) < 4.78 is 0. The zero-order valence-corrected chi connectivity index (χ0v) is 12.1. The molecule has 6 heteroatoms. The van der Waals surface area contributed by atoms with Crippen molar-refractivity contribution in [2.45, 2.75) is 26.6 Å². The minimum absolute atomic E-state index is 0.0411. The molecule has 2 aromatic rings. The Kier molecular flexibility index (Phi) is 5.09. The monoisotopic (exact) mass is 291 g/mol. The van der Waals surface area contributed by atoms with Gasteiger partial charge in [0.25, 0.3) is 0 Å². The van der Waals surface area contributed by atoms with Crippen LogP contribution in [0.5, 0.6) is 0 Å². The first-order valence-corrected chi connectivity index (χ1v) is 7.09. The van der Waals surface area contributed by atoms with Gasteiger partial charge in [-0.1, -0.05) is 29.4 Å². The number of oxime groups is 1. The van der Waals surface area contributed by atoms with Crippen LogP contribution in [0.1, 0.15) is 21.8 Å². The SMILES string of the molecule is Cc1csc(C/C(N)=N/OCc2ccc(CO)cc2)n1. The van der Waals surface area contributed by atoms with E-state index in [9.17, 15) is 0 Å². The molecule has 0 unspecified atom stereocenters. The second-order valence-corrected chi connectivity index (χ2v) is 5.33. The van der Waals surface area contributed by atoms with Gasteiger partial charge in [-0.3, -0.25) is 0 Å². The number of amidine groups is 1. The molecule has 0 radical (unpaired) electrons. The van der Waals surface area contributed by atoms with E-state index in [-0.39, 0.29) is 6.61 Å². The highest BCUT2D eigenvalue weighted by Crippen LogP contribution is 2.09. The maximum absolute atomic E-state index is 8.94. The van der Waals surface area contributed by atoms with E-state index in [1.54, 1.807) is 11.3 Å². The minimum atomic E-state index is 0.0411. The number of hydrogen-bond donors (Lipinski definition) is 2. The largest absolute Gasteiger partial charge is 0.392 e. The Hall–Kier alpha value is -1.92. The van der Waals surface area contributed by atoms with Gasteiger partial charge in [-0.05, 0) is 18.1 Å². The Balaban J connectivity index is 1.82. The molecule has 1 aromatic heterocycles. The summed E-state index contributed by atoms with van der Waals surface area (Å²) in [6, 6.07) is 7.48. The minimum Gasteiger partial charge on any atom is -0.392 e. The molecule has 0 aliphatic carbocycles. The second-order valence-electron chi connectivity index (χ2n) is 4.39. The predicted molar refractivity (Wildman–Crippen MR) is 79.3 cm³/mol. The summed E-state index contributed by atoms with van der Waals surface area (Å²) in [5.74, 6) is 0.409. The van der Waals surface area contributed by atoms with Crippen LogP contribution in [0.3, 0.4) is 0 Å². The number of hydrogen-bond acceptors (Lipinski definition) is 5. The van der Waals surface area contributed by atoms with Crippen LogP contribution < -0.4 is 5.73 Å². The number of aliphatic hydroxyl groups is 1. The van der Waals surface area contributed by atoms with Gasteiger partial charge in [0.15, 0.2) is 0 Å². The predicted octanol–water partition coefficient (Wildman–Crippen LogP) is 1.98. The van der Waals surface area contributed by atoms with E-state index >= 15 is 0 Å². The van der Waals surface area contributed by atoms with E-state index in [0.717, 1.165) is 21.8 Å². The maximum atomic E-state index is 8.94. The third-order valence-corrected chi connectivity index (χ3v) is 3.58. The molecule has 0 amide bonds. The molecule has 0 aliphatic rings. The third kappa shape index (κ3) is 4.32. The normalized spacial score (nSPS) is 11.6. The average Bonchev–Trinajstić information content (AvgIpc) is 2.85. The van der Waals surface area contributed by atoms with Crippen LogP contribution >= 0.6 is 11.3 Å². The van der Waals surface area contributed by atoms with Crippen LogP contribution in [0, 0.1) is 6.92 Å². The number of rotatable bonds is 6. The highest BCUT2D eigenvalue weighted by Gasteiger charge is 2.02. The smallest absolute Gasteiger partial charge is 0.146 e. The zero-order valence-electron chi connectivity index (χ0n) is 11.2. The molecule has 5 nitrogen and oxygen atoms in total. The lowest BCUT2D eigenvalue weighted by molar-refractivity contribution is 0.129. The fourth-order valence-corrected chi connectivity index (χ4v) is 2.39. The molecule has 1 heterocycles. The van der Waals surface area contributed by atoms with E-state index in [2.05, 4.69) is 10.1 Å². The molecule has 0 saturated heterocycles. The molecule has 0 aliphatic heterocycles. The number of nitrogens with two attached hydrogens (primary N) is 1. The maximum Gasteiger partial charge on any atom is 0.146 e. The van der Waals surface area contributed by atoms with Crippen LogP contribution in [0.4, 0.5) is 0 Å². The van der Waals surface area contributed by atoms with Gasteiger partial charge in [-0.25, -0.2) is 4.98 Å². The molecular formula is C14H17N3O2S. The Morgan fingerprint density at radius 2 is 2.05 bits per heavy atom. The molecule has 2 rings (SSSR count). The molecular weight excluding hydrogens is 274 g/mol. The third-order valence-electron chi connectivity index (χ3n) is 2.62. The molecule has 1 aromatic carbocycles. The summed E-state index contributed by atoms with van der Waals surface area (Å²) in [4.78, 5) is 9.53. The number of aromatic nitrogens is 1. The van der Waals surface area contributed by atoms with Crippen LogP contribution in [-0.4, -0.2) is 15.9 Å². The summed E-state index contributed by atoms with van der Waals surface area (Å²) in [5.41, 5.74) is 8.62. The van der Waals surface area contributed by atoms with Crippen molar-refractivity contribution in [3.8, 4) is 0 Å². The number of benzene rings is 1. The van der Waals surface area contributed by atoms with E-state index in [1.807, 2.05) is 36.6 Å². The first-order valence-electron chi connectivity index (χ1n) is 6.21. The summed E-state index contributed by atoms with van der Waals surface area (Å²) >= 11 is 1.56. The van der Waals surface area contributed by atoms with Gasteiger partial charge < -0.3 is 15.7 Å². The van der Waals surface area contributed by atoms with Gasteiger partial charge in [0.1, 0.15) is 17.5 Å². The lowest BCUT2D eigenvalue weighted by atomic mass is 10.1. The van der Waals surface area contributed by atoms with E-state index in [0.29, 0.717) is 18.9 Å². The molecule has 0 saturated carbocycles. The van der Waals surface area contributed by atoms with Gasteiger partial charge in [-0.2, -0.15) is 0 Å². The number of aryl methyl sites for hydroxylation is 1. The second kappa shape index (κ2) is 7.02. The standard InChI is InChI=1S/C14H17N3O2S/c1-10-9-20-14(16-10)6-13(15)17-19-8-12-4-2-11(7-18)3-5-12/h2-5,9,18H,6-8H2,1H3,(H2,15,17).